The predicted molar refractivity (Wildman–Crippen MR) is 97.6 cm³/mol. The zero-order chi connectivity index (χ0) is 17.8. The molecular weight excluding hydrogens is 302 g/mol. The van der Waals surface area contributed by atoms with Crippen molar-refractivity contribution < 1.29 is 9.53 Å². The minimum atomic E-state index is -0.464. The van der Waals surface area contributed by atoms with Gasteiger partial charge in [-0.25, -0.2) is 4.79 Å². The highest BCUT2D eigenvalue weighted by Gasteiger charge is 2.22. The Kier molecular flexibility index (Phi) is 5.52. The van der Waals surface area contributed by atoms with E-state index in [-0.39, 0.29) is 11.5 Å². The maximum Gasteiger partial charge on any atom is 0.407 e. The van der Waals surface area contributed by atoms with Gasteiger partial charge in [0.15, 0.2) is 0 Å². The van der Waals surface area contributed by atoms with Crippen molar-refractivity contribution in [1.82, 2.24) is 10.6 Å². The molecule has 2 N–H and O–H groups in total. The lowest BCUT2D eigenvalue weighted by atomic mass is 9.92. The molecule has 0 unspecified atom stereocenters. The molecule has 5 heteroatoms. The summed E-state index contributed by atoms with van der Waals surface area (Å²) in [6.45, 7) is 12.3. The second kappa shape index (κ2) is 7.24. The normalized spacial score (nSPS) is 16.8. The quantitative estimate of drug-likeness (QED) is 0.891. The highest BCUT2D eigenvalue weighted by molar-refractivity contribution is 5.99. The van der Waals surface area contributed by atoms with Crippen LogP contribution in [0.2, 0.25) is 0 Å². The lowest BCUT2D eigenvalue weighted by molar-refractivity contribution is 0.0528. The fourth-order valence-corrected chi connectivity index (χ4v) is 2.37. The smallest absolute Gasteiger partial charge is 0.407 e. The summed E-state index contributed by atoms with van der Waals surface area (Å²) in [6.07, 6.45) is 0.398. The molecule has 0 atom stereocenters. The summed E-state index contributed by atoms with van der Waals surface area (Å²) in [6, 6.07) is 8.31. The number of alkyl carbamates (subject to hydrolysis) is 1. The largest absolute Gasteiger partial charge is 0.444 e. The summed E-state index contributed by atoms with van der Waals surface area (Å²) in [4.78, 5) is 16.2. The van der Waals surface area contributed by atoms with Crippen LogP contribution in [0.15, 0.2) is 29.3 Å². The standard InChI is InChI=1S/C19H29N3O2/c1-18(2,3)24-17(23)20-11-10-14-6-8-15(9-7-14)16-21-12-19(4,5)13-22-16/h6-9H,10-13H2,1-5H3,(H,20,23)(H,21,22). The Morgan fingerprint density at radius 1 is 1.29 bits per heavy atom. The van der Waals surface area contributed by atoms with Gasteiger partial charge < -0.3 is 15.4 Å². The second-order valence-corrected chi connectivity index (χ2v) is 8.06. The van der Waals surface area contributed by atoms with Crippen molar-refractivity contribution in [3.05, 3.63) is 35.4 Å². The molecule has 1 amide bonds. The van der Waals surface area contributed by atoms with Gasteiger partial charge in [-0.05, 0) is 32.8 Å². The van der Waals surface area contributed by atoms with E-state index >= 15 is 0 Å². The van der Waals surface area contributed by atoms with Gasteiger partial charge in [-0.3, -0.25) is 4.99 Å². The van der Waals surface area contributed by atoms with E-state index < -0.39 is 5.60 Å². The van der Waals surface area contributed by atoms with E-state index in [0.29, 0.717) is 6.54 Å². The zero-order valence-electron chi connectivity index (χ0n) is 15.4. The van der Waals surface area contributed by atoms with Gasteiger partial charge in [0.05, 0.1) is 0 Å². The number of carbonyl (C=O) groups is 1. The van der Waals surface area contributed by atoms with Crippen LogP contribution in [0.4, 0.5) is 4.79 Å². The first-order chi connectivity index (χ1) is 11.1. The first-order valence-corrected chi connectivity index (χ1v) is 8.49. The van der Waals surface area contributed by atoms with Gasteiger partial charge in [-0.2, -0.15) is 0 Å². The van der Waals surface area contributed by atoms with Crippen molar-refractivity contribution in [2.45, 2.75) is 46.6 Å². The van der Waals surface area contributed by atoms with E-state index in [0.717, 1.165) is 30.9 Å². The molecule has 0 fully saturated rings. The average Bonchev–Trinajstić information content (AvgIpc) is 2.46. The van der Waals surface area contributed by atoms with Gasteiger partial charge in [0.2, 0.25) is 0 Å². The number of ether oxygens (including phenoxy) is 1. The second-order valence-electron chi connectivity index (χ2n) is 8.06. The van der Waals surface area contributed by atoms with E-state index in [1.165, 1.54) is 5.56 Å². The van der Waals surface area contributed by atoms with E-state index in [1.807, 2.05) is 20.8 Å². The first-order valence-electron chi connectivity index (χ1n) is 8.49. The van der Waals surface area contributed by atoms with Crippen LogP contribution in [0, 0.1) is 5.41 Å². The maximum atomic E-state index is 11.6. The Labute approximate surface area is 144 Å². The Hall–Kier alpha value is -2.04. The van der Waals surface area contributed by atoms with Crippen molar-refractivity contribution in [2.24, 2.45) is 10.4 Å². The zero-order valence-corrected chi connectivity index (χ0v) is 15.4. The van der Waals surface area contributed by atoms with Crippen LogP contribution in [0.25, 0.3) is 0 Å². The summed E-state index contributed by atoms with van der Waals surface area (Å²) in [5, 5.41) is 6.18. The fraction of sp³-hybridized carbons (Fsp3) is 0.579. The molecule has 1 aliphatic heterocycles. The van der Waals surface area contributed by atoms with E-state index in [2.05, 4.69) is 53.7 Å². The van der Waals surface area contributed by atoms with Crippen LogP contribution >= 0.6 is 0 Å². The van der Waals surface area contributed by atoms with Crippen LogP contribution in [0.5, 0.6) is 0 Å². The van der Waals surface area contributed by atoms with Crippen molar-refractivity contribution in [3.8, 4) is 0 Å². The number of nitrogens with zero attached hydrogens (tertiary/aromatic N) is 1. The highest BCUT2D eigenvalue weighted by Crippen LogP contribution is 2.18. The van der Waals surface area contributed by atoms with Gasteiger partial charge in [-0.1, -0.05) is 38.1 Å². The van der Waals surface area contributed by atoms with Gasteiger partial charge in [-0.15, -0.1) is 0 Å². The fourth-order valence-electron chi connectivity index (χ4n) is 2.37. The monoisotopic (exact) mass is 331 g/mol. The molecule has 132 valence electrons. The number of aliphatic imine (C=N–C) groups is 1. The minimum absolute atomic E-state index is 0.219. The minimum Gasteiger partial charge on any atom is -0.444 e. The van der Waals surface area contributed by atoms with Crippen LogP contribution in [-0.4, -0.2) is 37.2 Å². The van der Waals surface area contributed by atoms with Crippen LogP contribution in [-0.2, 0) is 11.2 Å². The summed E-state index contributed by atoms with van der Waals surface area (Å²) < 4.78 is 5.22. The molecule has 1 aliphatic rings. The van der Waals surface area contributed by atoms with Gasteiger partial charge >= 0.3 is 6.09 Å². The van der Waals surface area contributed by atoms with Crippen molar-refractivity contribution in [3.63, 3.8) is 0 Å². The third-order valence-electron chi connectivity index (χ3n) is 3.71. The molecule has 1 aromatic rings. The van der Waals surface area contributed by atoms with Crippen molar-refractivity contribution in [2.75, 3.05) is 19.6 Å². The molecule has 0 aliphatic carbocycles. The Balaban J connectivity index is 1.83. The molecule has 0 aromatic heterocycles. The van der Waals surface area contributed by atoms with E-state index in [1.54, 1.807) is 0 Å². The molecule has 24 heavy (non-hydrogen) atoms. The van der Waals surface area contributed by atoms with Crippen molar-refractivity contribution >= 4 is 11.9 Å². The molecule has 0 saturated heterocycles. The molecule has 0 spiro atoms. The van der Waals surface area contributed by atoms with Crippen LogP contribution in [0.3, 0.4) is 0 Å². The SMILES string of the molecule is CC1(C)CN=C(c2ccc(CCNC(=O)OC(C)(C)C)cc2)NC1. The van der Waals surface area contributed by atoms with Crippen LogP contribution < -0.4 is 10.6 Å². The number of nitrogens with one attached hydrogen (secondary N) is 2. The summed E-state index contributed by atoms with van der Waals surface area (Å²) in [5.41, 5.74) is 2.03. The Morgan fingerprint density at radius 3 is 2.50 bits per heavy atom. The number of carbonyl (C=O) groups excluding carboxylic acids is 1. The molecule has 2 rings (SSSR count). The third-order valence-corrected chi connectivity index (χ3v) is 3.71. The first kappa shape index (κ1) is 18.3. The van der Waals surface area contributed by atoms with E-state index in [9.17, 15) is 4.79 Å². The Morgan fingerprint density at radius 2 is 1.96 bits per heavy atom. The van der Waals surface area contributed by atoms with Gasteiger partial charge in [0.1, 0.15) is 11.4 Å². The summed E-state index contributed by atoms with van der Waals surface area (Å²) in [7, 11) is 0. The van der Waals surface area contributed by atoms with Gasteiger partial charge in [0, 0.05) is 30.6 Å². The molecular formula is C19H29N3O2. The van der Waals surface area contributed by atoms with Crippen LogP contribution in [0.1, 0.15) is 45.7 Å². The molecule has 0 bridgehead atoms. The maximum absolute atomic E-state index is 11.6. The average molecular weight is 331 g/mol. The highest BCUT2D eigenvalue weighted by atomic mass is 16.6. The van der Waals surface area contributed by atoms with E-state index in [4.69, 9.17) is 4.74 Å². The van der Waals surface area contributed by atoms with Crippen molar-refractivity contribution in [1.29, 1.82) is 0 Å². The number of amides is 1. The number of hydrogen-bond acceptors (Lipinski definition) is 4. The lowest BCUT2D eigenvalue weighted by Gasteiger charge is -2.29. The molecule has 1 aromatic carbocycles. The molecule has 5 nitrogen and oxygen atoms in total. The number of rotatable bonds is 4. The van der Waals surface area contributed by atoms with Gasteiger partial charge in [0.25, 0.3) is 0 Å². The number of benzene rings is 1. The molecule has 0 radical (unpaired) electrons. The molecule has 1 heterocycles. The topological polar surface area (TPSA) is 62.7 Å². The lowest BCUT2D eigenvalue weighted by Crippen LogP contribution is -2.41. The number of amidine groups is 1. The summed E-state index contributed by atoms with van der Waals surface area (Å²) >= 11 is 0. The molecule has 0 saturated carbocycles. The summed E-state index contributed by atoms with van der Waals surface area (Å²) in [5.74, 6) is 0.966. The predicted octanol–water partition coefficient (Wildman–Crippen LogP) is 3.13. The Bertz CT molecular complexity index is 598. The number of hydrogen-bond donors (Lipinski definition) is 2. The third kappa shape index (κ3) is 5.87.